The van der Waals surface area contributed by atoms with E-state index < -0.39 is 11.7 Å². The second-order valence-corrected chi connectivity index (χ2v) is 7.41. The number of carbonyl (C=O) groups is 1. The number of thiazole rings is 1. The van der Waals surface area contributed by atoms with Gasteiger partial charge in [0.1, 0.15) is 11.3 Å². The van der Waals surface area contributed by atoms with Gasteiger partial charge in [-0.15, -0.1) is 11.3 Å². The van der Waals surface area contributed by atoms with Gasteiger partial charge in [-0.1, -0.05) is 5.16 Å². The summed E-state index contributed by atoms with van der Waals surface area (Å²) in [6.07, 6.45) is 3.50. The molecular formula is C17H19N5O3S. The summed E-state index contributed by atoms with van der Waals surface area (Å²) in [5, 5.41) is 9.39. The molecular weight excluding hydrogens is 354 g/mol. The quantitative estimate of drug-likeness (QED) is 0.731. The highest BCUT2D eigenvalue weighted by atomic mass is 32.1. The molecule has 0 aromatic carbocycles. The molecule has 0 saturated carbocycles. The summed E-state index contributed by atoms with van der Waals surface area (Å²) in [5.41, 5.74) is 0.935. The molecule has 3 heterocycles. The van der Waals surface area contributed by atoms with Crippen LogP contribution in [0.25, 0.3) is 23.0 Å². The fourth-order valence-electron chi connectivity index (χ4n) is 2.06. The van der Waals surface area contributed by atoms with Gasteiger partial charge in [-0.2, -0.15) is 4.98 Å². The van der Waals surface area contributed by atoms with Gasteiger partial charge in [-0.3, -0.25) is 4.98 Å². The van der Waals surface area contributed by atoms with E-state index in [2.05, 4.69) is 25.4 Å². The largest absolute Gasteiger partial charge is 0.444 e. The molecule has 0 saturated heterocycles. The summed E-state index contributed by atoms with van der Waals surface area (Å²) >= 11 is 1.47. The van der Waals surface area contributed by atoms with E-state index in [9.17, 15) is 4.79 Å². The maximum atomic E-state index is 11.6. The lowest BCUT2D eigenvalue weighted by Crippen LogP contribution is -2.33. The van der Waals surface area contributed by atoms with Gasteiger partial charge in [0.2, 0.25) is 5.82 Å². The Labute approximate surface area is 154 Å². The van der Waals surface area contributed by atoms with Crippen molar-refractivity contribution in [2.75, 3.05) is 6.54 Å². The molecule has 0 aliphatic carbocycles. The number of hydrogen-bond acceptors (Lipinski definition) is 8. The number of rotatable bonds is 5. The fraction of sp³-hybridized carbons (Fsp3) is 0.353. The van der Waals surface area contributed by atoms with Crippen LogP contribution in [0.4, 0.5) is 4.79 Å². The lowest BCUT2D eigenvalue weighted by atomic mass is 10.2. The monoisotopic (exact) mass is 373 g/mol. The Balaban J connectivity index is 1.57. The summed E-state index contributed by atoms with van der Waals surface area (Å²) in [7, 11) is 0. The lowest BCUT2D eigenvalue weighted by Gasteiger charge is -2.19. The number of amides is 1. The fourth-order valence-corrected chi connectivity index (χ4v) is 2.83. The summed E-state index contributed by atoms with van der Waals surface area (Å²) in [6, 6.07) is 3.62. The molecule has 3 aromatic rings. The molecule has 0 radical (unpaired) electrons. The van der Waals surface area contributed by atoms with E-state index >= 15 is 0 Å². The topological polar surface area (TPSA) is 103 Å². The van der Waals surface area contributed by atoms with Gasteiger partial charge < -0.3 is 14.6 Å². The minimum absolute atomic E-state index is 0.361. The molecule has 0 unspecified atom stereocenters. The van der Waals surface area contributed by atoms with E-state index in [4.69, 9.17) is 9.26 Å². The molecule has 0 atom stereocenters. The Hall–Kier alpha value is -2.81. The van der Waals surface area contributed by atoms with E-state index in [1.54, 1.807) is 12.4 Å². The highest BCUT2D eigenvalue weighted by Gasteiger charge is 2.16. The maximum Gasteiger partial charge on any atom is 0.407 e. The number of aromatic nitrogens is 4. The van der Waals surface area contributed by atoms with Crippen LogP contribution in [0.3, 0.4) is 0 Å². The second kappa shape index (κ2) is 7.61. The third-order valence-electron chi connectivity index (χ3n) is 3.14. The van der Waals surface area contributed by atoms with Crippen LogP contribution in [0.5, 0.6) is 0 Å². The lowest BCUT2D eigenvalue weighted by molar-refractivity contribution is 0.0528. The molecule has 136 valence electrons. The van der Waals surface area contributed by atoms with E-state index in [1.807, 2.05) is 38.3 Å². The van der Waals surface area contributed by atoms with Gasteiger partial charge in [-0.05, 0) is 32.9 Å². The Morgan fingerprint density at radius 3 is 2.77 bits per heavy atom. The van der Waals surface area contributed by atoms with Gasteiger partial charge in [-0.25, -0.2) is 9.78 Å². The van der Waals surface area contributed by atoms with Gasteiger partial charge in [0.05, 0.1) is 5.01 Å². The van der Waals surface area contributed by atoms with E-state index in [0.29, 0.717) is 30.4 Å². The summed E-state index contributed by atoms with van der Waals surface area (Å²) in [4.78, 5) is 24.4. The molecule has 3 aromatic heterocycles. The molecule has 1 N–H and O–H groups in total. The van der Waals surface area contributed by atoms with Crippen LogP contribution >= 0.6 is 11.3 Å². The van der Waals surface area contributed by atoms with Crippen molar-refractivity contribution in [1.82, 2.24) is 25.4 Å². The summed E-state index contributed by atoms with van der Waals surface area (Å²) in [6.45, 7) is 5.91. The minimum Gasteiger partial charge on any atom is -0.444 e. The standard InChI is InChI=1S/C17H19N5O3S/c1-17(2,3)24-16(23)19-9-6-13-20-12(10-26-13)15-21-14(22-25-15)11-4-7-18-8-5-11/h4-5,7-8,10H,6,9H2,1-3H3,(H,19,23). The Bertz CT molecular complexity index is 870. The first-order chi connectivity index (χ1) is 12.4. The van der Waals surface area contributed by atoms with E-state index in [-0.39, 0.29) is 0 Å². The Kier molecular flexibility index (Phi) is 5.27. The van der Waals surface area contributed by atoms with Crippen molar-refractivity contribution in [2.24, 2.45) is 0 Å². The molecule has 3 rings (SSSR count). The third kappa shape index (κ3) is 4.85. The SMILES string of the molecule is CC(C)(C)OC(=O)NCCc1nc(-c2nc(-c3ccncc3)no2)cs1. The molecule has 26 heavy (non-hydrogen) atoms. The molecule has 0 bridgehead atoms. The Morgan fingerprint density at radius 2 is 2.04 bits per heavy atom. The predicted molar refractivity (Wildman–Crippen MR) is 96.6 cm³/mol. The normalized spacial score (nSPS) is 11.3. The number of ether oxygens (including phenoxy) is 1. The number of nitrogens with zero attached hydrogens (tertiary/aromatic N) is 4. The van der Waals surface area contributed by atoms with Gasteiger partial charge in [0.15, 0.2) is 0 Å². The molecule has 9 heteroatoms. The van der Waals surface area contributed by atoms with Crippen molar-refractivity contribution in [3.63, 3.8) is 0 Å². The maximum absolute atomic E-state index is 11.6. The highest BCUT2D eigenvalue weighted by molar-refractivity contribution is 7.09. The van der Waals surface area contributed by atoms with Gasteiger partial charge in [0, 0.05) is 36.3 Å². The smallest absolute Gasteiger partial charge is 0.407 e. The zero-order chi connectivity index (χ0) is 18.6. The van der Waals surface area contributed by atoms with Crippen molar-refractivity contribution >= 4 is 17.4 Å². The van der Waals surface area contributed by atoms with Gasteiger partial charge in [0.25, 0.3) is 5.89 Å². The zero-order valence-electron chi connectivity index (χ0n) is 14.7. The molecule has 8 nitrogen and oxygen atoms in total. The summed E-state index contributed by atoms with van der Waals surface area (Å²) < 4.78 is 10.5. The van der Waals surface area contributed by atoms with Crippen LogP contribution in [0, 0.1) is 0 Å². The van der Waals surface area contributed by atoms with Crippen molar-refractivity contribution in [3.05, 3.63) is 34.9 Å². The molecule has 0 fully saturated rings. The first kappa shape index (κ1) is 18.0. The number of nitrogens with one attached hydrogen (secondary N) is 1. The van der Waals surface area contributed by atoms with Crippen LogP contribution in [0.1, 0.15) is 25.8 Å². The predicted octanol–water partition coefficient (Wildman–Crippen LogP) is 3.32. The summed E-state index contributed by atoms with van der Waals surface area (Å²) in [5.74, 6) is 0.850. The van der Waals surface area contributed by atoms with Crippen LogP contribution in [0.2, 0.25) is 0 Å². The van der Waals surface area contributed by atoms with Crippen LogP contribution in [-0.2, 0) is 11.2 Å². The zero-order valence-corrected chi connectivity index (χ0v) is 15.5. The van der Waals surface area contributed by atoms with E-state index in [0.717, 1.165) is 10.6 Å². The van der Waals surface area contributed by atoms with Crippen LogP contribution < -0.4 is 5.32 Å². The van der Waals surface area contributed by atoms with Crippen molar-refractivity contribution in [2.45, 2.75) is 32.8 Å². The van der Waals surface area contributed by atoms with Crippen molar-refractivity contribution in [3.8, 4) is 23.0 Å². The van der Waals surface area contributed by atoms with Crippen LogP contribution in [0.15, 0.2) is 34.4 Å². The minimum atomic E-state index is -0.511. The first-order valence-corrected chi connectivity index (χ1v) is 8.94. The first-order valence-electron chi connectivity index (χ1n) is 8.06. The average molecular weight is 373 g/mol. The third-order valence-corrected chi connectivity index (χ3v) is 4.05. The second-order valence-electron chi connectivity index (χ2n) is 6.46. The molecule has 0 aliphatic rings. The van der Waals surface area contributed by atoms with Crippen LogP contribution in [-0.4, -0.2) is 38.3 Å². The number of hydrogen-bond donors (Lipinski definition) is 1. The van der Waals surface area contributed by atoms with Crippen molar-refractivity contribution < 1.29 is 14.1 Å². The molecule has 0 spiro atoms. The molecule has 0 aliphatic heterocycles. The van der Waals surface area contributed by atoms with Gasteiger partial charge >= 0.3 is 6.09 Å². The highest BCUT2D eigenvalue weighted by Crippen LogP contribution is 2.23. The number of carbonyl (C=O) groups excluding carboxylic acids is 1. The van der Waals surface area contributed by atoms with E-state index in [1.165, 1.54) is 11.3 Å². The van der Waals surface area contributed by atoms with Crippen molar-refractivity contribution in [1.29, 1.82) is 0 Å². The number of alkyl carbamates (subject to hydrolysis) is 1. The number of pyridine rings is 1. The average Bonchev–Trinajstić information content (AvgIpc) is 3.23. The molecule has 1 amide bonds. The Morgan fingerprint density at radius 1 is 1.27 bits per heavy atom.